The minimum Gasteiger partial charge on any atom is -0.497 e. The molecule has 0 saturated carbocycles. The van der Waals surface area contributed by atoms with Crippen LogP contribution in [0.3, 0.4) is 0 Å². The summed E-state index contributed by atoms with van der Waals surface area (Å²) in [5.41, 5.74) is 5.09. The fourth-order valence-electron chi connectivity index (χ4n) is 2.51. The molecule has 0 N–H and O–H groups in total. The molecule has 2 aromatic rings. The molecule has 0 heterocycles. The number of ether oxygens (including phenoxy) is 1. The molecule has 2 heteroatoms. The zero-order valence-corrected chi connectivity index (χ0v) is 10.8. The van der Waals surface area contributed by atoms with E-state index in [1.165, 1.54) is 28.8 Å². The molecule has 1 aliphatic carbocycles. The van der Waals surface area contributed by atoms with Gasteiger partial charge in [-0.3, -0.25) is 0 Å². The van der Waals surface area contributed by atoms with Crippen molar-refractivity contribution in [2.45, 2.75) is 12.8 Å². The molecule has 0 aliphatic heterocycles. The summed E-state index contributed by atoms with van der Waals surface area (Å²) < 4.78 is 18.1. The Bertz CT molecular complexity index is 626. The first-order chi connectivity index (χ1) is 9.24. The van der Waals surface area contributed by atoms with Crippen molar-refractivity contribution in [3.8, 4) is 5.75 Å². The van der Waals surface area contributed by atoms with Crippen LogP contribution in [0, 0.1) is 5.82 Å². The predicted molar refractivity (Wildman–Crippen MR) is 74.8 cm³/mol. The van der Waals surface area contributed by atoms with Gasteiger partial charge in [0.25, 0.3) is 0 Å². The summed E-state index contributed by atoms with van der Waals surface area (Å²) in [7, 11) is 1.69. The molecule has 0 spiro atoms. The van der Waals surface area contributed by atoms with E-state index in [1.54, 1.807) is 7.11 Å². The van der Waals surface area contributed by atoms with E-state index in [1.807, 2.05) is 18.2 Å². The van der Waals surface area contributed by atoms with Crippen LogP contribution in [0.1, 0.15) is 16.7 Å². The van der Waals surface area contributed by atoms with Crippen LogP contribution in [0.15, 0.2) is 48.0 Å². The summed E-state index contributed by atoms with van der Waals surface area (Å²) in [6.07, 6.45) is 4.06. The number of allylic oxidation sites excluding steroid dienone is 1. The quantitative estimate of drug-likeness (QED) is 0.786. The van der Waals surface area contributed by atoms with E-state index in [2.05, 4.69) is 18.2 Å². The third-order valence-electron chi connectivity index (χ3n) is 3.49. The van der Waals surface area contributed by atoms with Crippen molar-refractivity contribution in [1.29, 1.82) is 0 Å². The van der Waals surface area contributed by atoms with Crippen LogP contribution in [0.2, 0.25) is 0 Å². The van der Waals surface area contributed by atoms with Gasteiger partial charge in [0.2, 0.25) is 0 Å². The Morgan fingerprint density at radius 3 is 2.47 bits per heavy atom. The molecule has 96 valence electrons. The molecule has 1 nitrogen and oxygen atoms in total. The SMILES string of the molecule is COc1ccc2c(c1)CC(=Cc1ccc(F)cc1)C2. The van der Waals surface area contributed by atoms with Gasteiger partial charge in [0.05, 0.1) is 7.11 Å². The number of rotatable bonds is 2. The number of methoxy groups -OCH3 is 1. The molecule has 0 radical (unpaired) electrons. The Morgan fingerprint density at radius 1 is 1.00 bits per heavy atom. The summed E-state index contributed by atoms with van der Waals surface area (Å²) in [5.74, 6) is 0.711. The zero-order chi connectivity index (χ0) is 13.2. The third kappa shape index (κ3) is 2.53. The first kappa shape index (κ1) is 12.0. The summed E-state index contributed by atoms with van der Waals surface area (Å²) >= 11 is 0. The first-order valence-electron chi connectivity index (χ1n) is 6.35. The van der Waals surface area contributed by atoms with Gasteiger partial charge in [0, 0.05) is 0 Å². The fraction of sp³-hybridized carbons (Fsp3) is 0.176. The standard InChI is InChI=1S/C17H15FO/c1-19-17-7-4-14-9-13(10-15(14)11-17)8-12-2-5-16(18)6-3-12/h2-8,11H,9-10H2,1H3. The van der Waals surface area contributed by atoms with Gasteiger partial charge in [-0.25, -0.2) is 4.39 Å². The molecule has 0 unspecified atom stereocenters. The zero-order valence-electron chi connectivity index (χ0n) is 10.8. The maximum absolute atomic E-state index is 12.9. The van der Waals surface area contributed by atoms with Crippen LogP contribution in [-0.2, 0) is 12.8 Å². The molecule has 0 bridgehead atoms. The molecule has 3 rings (SSSR count). The van der Waals surface area contributed by atoms with Crippen molar-refractivity contribution in [3.63, 3.8) is 0 Å². The number of fused-ring (bicyclic) bond motifs is 1. The third-order valence-corrected chi connectivity index (χ3v) is 3.49. The average Bonchev–Trinajstić information content (AvgIpc) is 2.82. The molecule has 0 aromatic heterocycles. The van der Waals surface area contributed by atoms with Gasteiger partial charge in [-0.15, -0.1) is 0 Å². The summed E-state index contributed by atoms with van der Waals surface area (Å²) in [6.45, 7) is 0. The highest BCUT2D eigenvalue weighted by atomic mass is 19.1. The monoisotopic (exact) mass is 254 g/mol. The molecule has 0 amide bonds. The van der Waals surface area contributed by atoms with Crippen LogP contribution in [0.5, 0.6) is 5.75 Å². The summed E-state index contributed by atoms with van der Waals surface area (Å²) in [6, 6.07) is 12.8. The lowest BCUT2D eigenvalue weighted by atomic mass is 10.1. The Labute approximate surface area is 112 Å². The molecular formula is C17H15FO. The van der Waals surface area contributed by atoms with E-state index in [0.29, 0.717) is 0 Å². The second-order valence-electron chi connectivity index (χ2n) is 4.84. The van der Waals surface area contributed by atoms with Crippen LogP contribution < -0.4 is 4.74 Å². The van der Waals surface area contributed by atoms with Gasteiger partial charge in [0.1, 0.15) is 11.6 Å². The Kier molecular flexibility index (Phi) is 3.08. The van der Waals surface area contributed by atoms with Crippen LogP contribution in [0.4, 0.5) is 4.39 Å². The lowest BCUT2D eigenvalue weighted by Crippen LogP contribution is -1.86. The first-order valence-corrected chi connectivity index (χ1v) is 6.35. The Balaban J connectivity index is 1.85. The normalized spacial score (nSPS) is 15.6. The van der Waals surface area contributed by atoms with Gasteiger partial charge in [-0.1, -0.05) is 29.8 Å². The second-order valence-corrected chi connectivity index (χ2v) is 4.84. The maximum Gasteiger partial charge on any atom is 0.123 e. The van der Waals surface area contributed by atoms with E-state index in [9.17, 15) is 4.39 Å². The predicted octanol–water partition coefficient (Wildman–Crippen LogP) is 4.02. The van der Waals surface area contributed by atoms with Gasteiger partial charge in [-0.05, 0) is 53.8 Å². The number of hydrogen-bond acceptors (Lipinski definition) is 1. The minimum absolute atomic E-state index is 0.193. The minimum atomic E-state index is -0.193. The fourth-order valence-corrected chi connectivity index (χ4v) is 2.51. The summed E-state index contributed by atoms with van der Waals surface area (Å²) in [5, 5.41) is 0. The smallest absolute Gasteiger partial charge is 0.123 e. The molecule has 19 heavy (non-hydrogen) atoms. The van der Waals surface area contributed by atoms with E-state index < -0.39 is 0 Å². The number of halogens is 1. The highest BCUT2D eigenvalue weighted by Crippen LogP contribution is 2.30. The van der Waals surface area contributed by atoms with Crippen molar-refractivity contribution >= 4 is 6.08 Å². The molecular weight excluding hydrogens is 239 g/mol. The lowest BCUT2D eigenvalue weighted by molar-refractivity contribution is 0.414. The van der Waals surface area contributed by atoms with Gasteiger partial charge < -0.3 is 4.74 Å². The summed E-state index contributed by atoms with van der Waals surface area (Å²) in [4.78, 5) is 0. The van der Waals surface area contributed by atoms with Crippen molar-refractivity contribution < 1.29 is 9.13 Å². The van der Waals surface area contributed by atoms with E-state index >= 15 is 0 Å². The molecule has 0 saturated heterocycles. The van der Waals surface area contributed by atoms with Crippen LogP contribution in [-0.4, -0.2) is 7.11 Å². The van der Waals surface area contributed by atoms with Gasteiger partial charge >= 0.3 is 0 Å². The van der Waals surface area contributed by atoms with E-state index in [-0.39, 0.29) is 5.82 Å². The second kappa shape index (κ2) is 4.88. The van der Waals surface area contributed by atoms with Crippen LogP contribution >= 0.6 is 0 Å². The maximum atomic E-state index is 12.9. The lowest BCUT2D eigenvalue weighted by Gasteiger charge is -2.01. The Hall–Kier alpha value is -2.09. The van der Waals surface area contributed by atoms with Crippen molar-refractivity contribution in [2.24, 2.45) is 0 Å². The van der Waals surface area contributed by atoms with Crippen LogP contribution in [0.25, 0.3) is 6.08 Å². The van der Waals surface area contributed by atoms with Crippen molar-refractivity contribution in [2.75, 3.05) is 7.11 Å². The van der Waals surface area contributed by atoms with Crippen molar-refractivity contribution in [1.82, 2.24) is 0 Å². The Morgan fingerprint density at radius 2 is 1.74 bits per heavy atom. The molecule has 1 aliphatic rings. The largest absolute Gasteiger partial charge is 0.497 e. The highest BCUT2D eigenvalue weighted by molar-refractivity contribution is 5.58. The average molecular weight is 254 g/mol. The van der Waals surface area contributed by atoms with E-state index in [0.717, 1.165) is 24.2 Å². The molecule has 2 aromatic carbocycles. The highest BCUT2D eigenvalue weighted by Gasteiger charge is 2.15. The van der Waals surface area contributed by atoms with Crippen molar-refractivity contribution in [3.05, 3.63) is 70.5 Å². The number of hydrogen-bond donors (Lipinski definition) is 0. The topological polar surface area (TPSA) is 9.23 Å². The van der Waals surface area contributed by atoms with Gasteiger partial charge in [-0.2, -0.15) is 0 Å². The number of benzene rings is 2. The van der Waals surface area contributed by atoms with E-state index in [4.69, 9.17) is 4.74 Å². The van der Waals surface area contributed by atoms with Gasteiger partial charge in [0.15, 0.2) is 0 Å². The molecule has 0 fully saturated rings. The molecule has 0 atom stereocenters.